The number of benzene rings is 1. The van der Waals surface area contributed by atoms with Crippen molar-refractivity contribution < 1.29 is 4.79 Å². The van der Waals surface area contributed by atoms with Crippen molar-refractivity contribution in [2.75, 3.05) is 13.1 Å². The van der Waals surface area contributed by atoms with Crippen LogP contribution in [-0.2, 0) is 6.54 Å². The lowest BCUT2D eigenvalue weighted by molar-refractivity contribution is 0.238. The van der Waals surface area contributed by atoms with Crippen molar-refractivity contribution in [3.8, 4) is 0 Å². The molecular formula is C14H20ClN3O. The number of amides is 2. The van der Waals surface area contributed by atoms with E-state index in [1.807, 2.05) is 24.3 Å². The molecule has 1 heterocycles. The Kier molecular flexibility index (Phi) is 5.48. The number of halogens is 1. The Bertz CT molecular complexity index is 402. The maximum Gasteiger partial charge on any atom is 0.315 e. The third-order valence-corrected chi connectivity index (χ3v) is 3.54. The van der Waals surface area contributed by atoms with E-state index >= 15 is 0 Å². The van der Waals surface area contributed by atoms with Crippen LogP contribution in [0.2, 0.25) is 5.02 Å². The Labute approximate surface area is 118 Å². The highest BCUT2D eigenvalue weighted by Gasteiger charge is 2.12. The zero-order chi connectivity index (χ0) is 13.5. The summed E-state index contributed by atoms with van der Waals surface area (Å²) < 4.78 is 0. The molecule has 104 valence electrons. The van der Waals surface area contributed by atoms with E-state index in [9.17, 15) is 4.79 Å². The molecule has 0 aliphatic carbocycles. The summed E-state index contributed by atoms with van der Waals surface area (Å²) in [6.07, 6.45) is 3.61. The van der Waals surface area contributed by atoms with Crippen LogP contribution < -0.4 is 16.0 Å². The summed E-state index contributed by atoms with van der Waals surface area (Å²) in [5.41, 5.74) is 1.04. The van der Waals surface area contributed by atoms with Crippen molar-refractivity contribution in [3.05, 3.63) is 34.9 Å². The van der Waals surface area contributed by atoms with Crippen LogP contribution in [0, 0.1) is 0 Å². The lowest BCUT2D eigenvalue weighted by Gasteiger charge is -2.23. The fraction of sp³-hybridized carbons (Fsp3) is 0.500. The van der Waals surface area contributed by atoms with Crippen molar-refractivity contribution in [3.63, 3.8) is 0 Å². The third-order valence-electron chi connectivity index (χ3n) is 3.29. The normalized spacial score (nSPS) is 18.9. The third kappa shape index (κ3) is 5.09. The molecular weight excluding hydrogens is 262 g/mol. The summed E-state index contributed by atoms with van der Waals surface area (Å²) in [6, 6.07) is 7.75. The van der Waals surface area contributed by atoms with Crippen LogP contribution in [-0.4, -0.2) is 25.2 Å². The van der Waals surface area contributed by atoms with Gasteiger partial charge in [0.25, 0.3) is 0 Å². The summed E-state index contributed by atoms with van der Waals surface area (Å²) in [7, 11) is 0. The molecule has 5 heteroatoms. The van der Waals surface area contributed by atoms with Crippen molar-refractivity contribution in [2.24, 2.45) is 0 Å². The van der Waals surface area contributed by atoms with Crippen LogP contribution in [0.15, 0.2) is 24.3 Å². The Morgan fingerprint density at radius 3 is 2.74 bits per heavy atom. The van der Waals surface area contributed by atoms with Crippen molar-refractivity contribution in [1.29, 1.82) is 0 Å². The van der Waals surface area contributed by atoms with Gasteiger partial charge >= 0.3 is 6.03 Å². The Morgan fingerprint density at radius 2 is 2.05 bits per heavy atom. The fourth-order valence-corrected chi connectivity index (χ4v) is 2.29. The van der Waals surface area contributed by atoms with E-state index in [2.05, 4.69) is 16.0 Å². The molecule has 2 rings (SSSR count). The quantitative estimate of drug-likeness (QED) is 0.793. The highest BCUT2D eigenvalue weighted by Crippen LogP contribution is 2.09. The molecule has 1 aliphatic rings. The lowest BCUT2D eigenvalue weighted by Crippen LogP contribution is -2.46. The summed E-state index contributed by atoms with van der Waals surface area (Å²) in [6.45, 7) is 2.26. The van der Waals surface area contributed by atoms with E-state index in [1.165, 1.54) is 12.8 Å². The second-order valence-corrected chi connectivity index (χ2v) is 5.27. The molecule has 4 nitrogen and oxygen atoms in total. The van der Waals surface area contributed by atoms with Gasteiger partial charge in [0.1, 0.15) is 0 Å². The van der Waals surface area contributed by atoms with Crippen molar-refractivity contribution in [1.82, 2.24) is 16.0 Å². The number of carbonyl (C=O) groups is 1. The molecule has 0 bridgehead atoms. The van der Waals surface area contributed by atoms with Crippen molar-refractivity contribution in [2.45, 2.75) is 31.8 Å². The molecule has 2 amide bonds. The first-order valence-corrected chi connectivity index (χ1v) is 7.11. The smallest absolute Gasteiger partial charge is 0.315 e. The first kappa shape index (κ1) is 14.2. The molecule has 1 aromatic carbocycles. The Morgan fingerprint density at radius 1 is 1.26 bits per heavy atom. The Balaban J connectivity index is 1.65. The van der Waals surface area contributed by atoms with E-state index in [1.54, 1.807) is 0 Å². The fourth-order valence-electron chi connectivity index (χ4n) is 2.16. The van der Waals surface area contributed by atoms with Crippen LogP contribution in [0.1, 0.15) is 24.8 Å². The SMILES string of the molecule is O=C(NCc1ccc(Cl)cc1)NCC1CCCCN1. The highest BCUT2D eigenvalue weighted by molar-refractivity contribution is 6.30. The largest absolute Gasteiger partial charge is 0.337 e. The Hall–Kier alpha value is -1.26. The summed E-state index contributed by atoms with van der Waals surface area (Å²) in [5, 5.41) is 9.83. The highest BCUT2D eigenvalue weighted by atomic mass is 35.5. The van der Waals surface area contributed by atoms with Gasteiger partial charge in [0.05, 0.1) is 0 Å². The van der Waals surface area contributed by atoms with Gasteiger partial charge in [0.15, 0.2) is 0 Å². The predicted molar refractivity (Wildman–Crippen MR) is 77.3 cm³/mol. The summed E-state index contributed by atoms with van der Waals surface area (Å²) in [4.78, 5) is 11.6. The molecule has 0 spiro atoms. The number of hydrogen-bond acceptors (Lipinski definition) is 2. The second-order valence-electron chi connectivity index (χ2n) is 4.84. The van der Waals surface area contributed by atoms with Crippen LogP contribution in [0.3, 0.4) is 0 Å². The first-order valence-electron chi connectivity index (χ1n) is 6.73. The second kappa shape index (κ2) is 7.36. The van der Waals surface area contributed by atoms with Gasteiger partial charge in [-0.15, -0.1) is 0 Å². The molecule has 0 saturated carbocycles. The topological polar surface area (TPSA) is 53.2 Å². The molecule has 0 radical (unpaired) electrons. The zero-order valence-electron chi connectivity index (χ0n) is 10.9. The number of piperidine rings is 1. The zero-order valence-corrected chi connectivity index (χ0v) is 11.7. The van der Waals surface area contributed by atoms with E-state index in [-0.39, 0.29) is 6.03 Å². The van der Waals surface area contributed by atoms with E-state index < -0.39 is 0 Å². The van der Waals surface area contributed by atoms with Gasteiger partial charge < -0.3 is 16.0 Å². The number of rotatable bonds is 4. The average Bonchev–Trinajstić information content (AvgIpc) is 2.45. The molecule has 19 heavy (non-hydrogen) atoms. The minimum Gasteiger partial charge on any atom is -0.337 e. The van der Waals surface area contributed by atoms with E-state index in [0.717, 1.165) is 18.5 Å². The molecule has 1 unspecified atom stereocenters. The molecule has 0 aromatic heterocycles. The standard InChI is InChI=1S/C14H20ClN3O/c15-12-6-4-11(5-7-12)9-17-14(19)18-10-13-3-1-2-8-16-13/h4-7,13,16H,1-3,8-10H2,(H2,17,18,19). The number of urea groups is 1. The number of carbonyl (C=O) groups excluding carboxylic acids is 1. The van der Waals surface area contributed by atoms with Gasteiger partial charge in [-0.05, 0) is 37.1 Å². The maximum absolute atomic E-state index is 11.6. The van der Waals surface area contributed by atoms with Crippen LogP contribution in [0.5, 0.6) is 0 Å². The monoisotopic (exact) mass is 281 g/mol. The predicted octanol–water partition coefficient (Wildman–Crippen LogP) is 2.28. The first-order chi connectivity index (χ1) is 9.24. The van der Waals surface area contributed by atoms with Crippen LogP contribution in [0.25, 0.3) is 0 Å². The molecule has 1 aliphatic heterocycles. The van der Waals surface area contributed by atoms with Gasteiger partial charge in [0.2, 0.25) is 0 Å². The average molecular weight is 282 g/mol. The van der Waals surface area contributed by atoms with Gasteiger partial charge in [-0.3, -0.25) is 0 Å². The number of hydrogen-bond donors (Lipinski definition) is 3. The number of nitrogens with one attached hydrogen (secondary N) is 3. The van der Waals surface area contributed by atoms with Gasteiger partial charge in [-0.1, -0.05) is 30.2 Å². The van der Waals surface area contributed by atoms with Gasteiger partial charge in [-0.25, -0.2) is 4.79 Å². The van der Waals surface area contributed by atoms with Gasteiger partial charge in [-0.2, -0.15) is 0 Å². The van der Waals surface area contributed by atoms with Crippen LogP contribution >= 0.6 is 11.6 Å². The van der Waals surface area contributed by atoms with E-state index in [0.29, 0.717) is 24.2 Å². The van der Waals surface area contributed by atoms with E-state index in [4.69, 9.17) is 11.6 Å². The maximum atomic E-state index is 11.6. The molecule has 1 aromatic rings. The minimum atomic E-state index is -0.123. The molecule has 1 atom stereocenters. The van der Waals surface area contributed by atoms with Crippen molar-refractivity contribution >= 4 is 17.6 Å². The summed E-state index contributed by atoms with van der Waals surface area (Å²) in [5.74, 6) is 0. The lowest BCUT2D eigenvalue weighted by atomic mass is 10.1. The molecule has 1 saturated heterocycles. The summed E-state index contributed by atoms with van der Waals surface area (Å²) >= 11 is 5.80. The van der Waals surface area contributed by atoms with Crippen LogP contribution in [0.4, 0.5) is 4.79 Å². The molecule has 1 fully saturated rings. The van der Waals surface area contributed by atoms with Gasteiger partial charge in [0, 0.05) is 24.2 Å². The minimum absolute atomic E-state index is 0.123. The molecule has 3 N–H and O–H groups in total.